The lowest BCUT2D eigenvalue weighted by atomic mass is 10.1. The molecule has 5 rings (SSSR count). The summed E-state index contributed by atoms with van der Waals surface area (Å²) >= 11 is 0. The number of hydrogen-bond acceptors (Lipinski definition) is 8. The van der Waals surface area contributed by atoms with Crippen molar-refractivity contribution >= 4 is 41.7 Å². The van der Waals surface area contributed by atoms with E-state index in [-0.39, 0.29) is 21.3 Å². The molecule has 42 heavy (non-hydrogen) atoms. The molecule has 0 fully saturated rings. The van der Waals surface area contributed by atoms with E-state index in [1.54, 1.807) is 36.4 Å². The van der Waals surface area contributed by atoms with Crippen LogP contribution in [0, 0.1) is 0 Å². The number of imidazole rings is 2. The Morgan fingerprint density at radius 3 is 1.62 bits per heavy atom. The van der Waals surface area contributed by atoms with Crippen molar-refractivity contribution in [2.45, 2.75) is 22.6 Å². The van der Waals surface area contributed by atoms with Gasteiger partial charge in [-0.2, -0.15) is 0 Å². The monoisotopic (exact) mass is 608 g/mol. The van der Waals surface area contributed by atoms with E-state index in [0.29, 0.717) is 54.1 Å². The van der Waals surface area contributed by atoms with Gasteiger partial charge in [0.2, 0.25) is 0 Å². The van der Waals surface area contributed by atoms with Crippen LogP contribution in [-0.2, 0) is 19.7 Å². The van der Waals surface area contributed by atoms with Crippen LogP contribution in [0.3, 0.4) is 0 Å². The molecule has 0 spiro atoms. The maximum atomic E-state index is 12.8. The number of nitrogens with one attached hydrogen (secondary N) is 2. The quantitative estimate of drug-likeness (QED) is 0.215. The maximum absolute atomic E-state index is 12.8. The smallest absolute Gasteiger partial charge is 0.178 e. The van der Waals surface area contributed by atoms with Crippen molar-refractivity contribution < 1.29 is 16.8 Å². The third-order valence-electron chi connectivity index (χ3n) is 7.09. The van der Waals surface area contributed by atoms with Crippen molar-refractivity contribution in [1.82, 2.24) is 29.7 Å². The molecule has 0 aliphatic heterocycles. The Labute approximate surface area is 246 Å². The molecule has 0 aliphatic rings. The van der Waals surface area contributed by atoms with Crippen LogP contribution in [0.1, 0.15) is 12.8 Å². The number of nitrogens with zero attached hydrogens (tertiary/aromatic N) is 4. The number of aromatic amines is 2. The van der Waals surface area contributed by atoms with E-state index in [4.69, 9.17) is 0 Å². The molecule has 5 aromatic rings. The number of fused-ring (bicyclic) bond motifs is 2. The van der Waals surface area contributed by atoms with Gasteiger partial charge in [-0.05, 0) is 90.5 Å². The summed E-state index contributed by atoms with van der Waals surface area (Å²) in [5.41, 5.74) is 4.37. The highest BCUT2D eigenvalue weighted by Crippen LogP contribution is 2.27. The SMILES string of the molecule is CN(C)CCCS(=O)(=O)c1ccc2[nH]c(-c3ccc(-c4nc5ccc(S(=O)(=O)CCCN(C)C)cc5[nH]4)cc3)nc2c1. The Balaban J connectivity index is 1.34. The highest BCUT2D eigenvalue weighted by atomic mass is 32.2. The van der Waals surface area contributed by atoms with Gasteiger partial charge in [-0.1, -0.05) is 24.3 Å². The van der Waals surface area contributed by atoms with Gasteiger partial charge in [0.05, 0.1) is 43.4 Å². The zero-order chi connectivity index (χ0) is 30.1. The van der Waals surface area contributed by atoms with Crippen molar-refractivity contribution in [2.75, 3.05) is 52.8 Å². The summed E-state index contributed by atoms with van der Waals surface area (Å²) in [7, 11) is 0.911. The van der Waals surface area contributed by atoms with Gasteiger partial charge in [0, 0.05) is 11.1 Å². The van der Waals surface area contributed by atoms with E-state index in [9.17, 15) is 16.8 Å². The average Bonchev–Trinajstić information content (AvgIpc) is 3.56. The van der Waals surface area contributed by atoms with Gasteiger partial charge in [0.25, 0.3) is 0 Å². The first kappa shape index (κ1) is 29.9. The van der Waals surface area contributed by atoms with Crippen LogP contribution in [0.4, 0.5) is 0 Å². The van der Waals surface area contributed by atoms with Gasteiger partial charge in [-0.15, -0.1) is 0 Å². The Morgan fingerprint density at radius 1 is 0.595 bits per heavy atom. The van der Waals surface area contributed by atoms with Crippen molar-refractivity contribution in [2.24, 2.45) is 0 Å². The molecule has 0 bridgehead atoms. The van der Waals surface area contributed by atoms with Crippen LogP contribution in [0.25, 0.3) is 44.8 Å². The summed E-state index contributed by atoms with van der Waals surface area (Å²) in [6, 6.07) is 17.7. The molecule has 0 saturated heterocycles. The van der Waals surface area contributed by atoms with E-state index in [1.807, 2.05) is 62.3 Å². The summed E-state index contributed by atoms with van der Waals surface area (Å²) in [4.78, 5) is 20.3. The first-order chi connectivity index (χ1) is 19.9. The largest absolute Gasteiger partial charge is 0.338 e. The molecule has 2 N–H and O–H groups in total. The minimum absolute atomic E-state index is 0.0884. The molecule has 0 radical (unpaired) electrons. The summed E-state index contributed by atoms with van der Waals surface area (Å²) in [6.07, 6.45) is 1.13. The Bertz CT molecular complexity index is 1780. The lowest BCUT2D eigenvalue weighted by Crippen LogP contribution is -2.17. The fourth-order valence-corrected chi connectivity index (χ4v) is 7.43. The van der Waals surface area contributed by atoms with Crippen molar-refractivity contribution in [3.8, 4) is 22.8 Å². The molecule has 0 unspecified atom stereocenters. The summed E-state index contributed by atoms with van der Waals surface area (Å²) in [5, 5.41) is 0. The minimum Gasteiger partial charge on any atom is -0.338 e. The fraction of sp³-hybridized carbons (Fsp3) is 0.333. The highest BCUT2D eigenvalue weighted by molar-refractivity contribution is 7.91. The number of sulfone groups is 2. The normalized spacial score (nSPS) is 12.7. The van der Waals surface area contributed by atoms with Gasteiger partial charge in [-0.25, -0.2) is 26.8 Å². The lowest BCUT2D eigenvalue weighted by Gasteiger charge is -2.09. The summed E-state index contributed by atoms with van der Waals surface area (Å²) < 4.78 is 51.2. The molecule has 0 saturated carbocycles. The van der Waals surface area contributed by atoms with Crippen LogP contribution in [0.15, 0.2) is 70.5 Å². The summed E-state index contributed by atoms with van der Waals surface area (Å²) in [6.45, 7) is 1.41. The second-order valence-electron chi connectivity index (χ2n) is 11.1. The molecule has 10 nitrogen and oxygen atoms in total. The van der Waals surface area contributed by atoms with E-state index in [1.165, 1.54) is 0 Å². The predicted molar refractivity (Wildman–Crippen MR) is 167 cm³/mol. The molecule has 2 aromatic heterocycles. The average molecular weight is 609 g/mol. The Kier molecular flexibility index (Phi) is 8.51. The minimum atomic E-state index is -3.39. The number of H-pyrrole nitrogens is 2. The molecular formula is C30H36N6O4S2. The Hall–Kier alpha value is -3.58. The third kappa shape index (κ3) is 6.73. The molecule has 0 aliphatic carbocycles. The molecule has 0 atom stereocenters. The number of hydrogen-bond donors (Lipinski definition) is 2. The first-order valence-corrected chi connectivity index (χ1v) is 17.1. The number of rotatable bonds is 12. The van der Waals surface area contributed by atoms with Crippen LogP contribution in [-0.4, -0.2) is 99.4 Å². The Morgan fingerprint density at radius 2 is 1.07 bits per heavy atom. The van der Waals surface area contributed by atoms with E-state index < -0.39 is 19.7 Å². The van der Waals surface area contributed by atoms with Gasteiger partial charge >= 0.3 is 0 Å². The molecule has 222 valence electrons. The van der Waals surface area contributed by atoms with Crippen molar-refractivity contribution in [3.05, 3.63) is 60.7 Å². The zero-order valence-electron chi connectivity index (χ0n) is 24.3. The van der Waals surface area contributed by atoms with Crippen molar-refractivity contribution in [1.29, 1.82) is 0 Å². The highest BCUT2D eigenvalue weighted by Gasteiger charge is 2.18. The number of benzene rings is 3. The van der Waals surface area contributed by atoms with Crippen LogP contribution >= 0.6 is 0 Å². The topological polar surface area (TPSA) is 132 Å². The number of aromatic nitrogens is 4. The molecule has 0 amide bonds. The maximum Gasteiger partial charge on any atom is 0.178 e. The zero-order valence-corrected chi connectivity index (χ0v) is 25.9. The second kappa shape index (κ2) is 12.0. The van der Waals surface area contributed by atoms with Crippen LogP contribution in [0.5, 0.6) is 0 Å². The predicted octanol–water partition coefficient (Wildman–Crippen LogP) is 4.22. The van der Waals surface area contributed by atoms with Gasteiger partial charge in [0.1, 0.15) is 11.6 Å². The molecule has 2 heterocycles. The standard InChI is InChI=1S/C30H36N6O4S2/c1-35(2)15-5-17-41(37,38)23-11-13-25-27(19-23)33-29(31-25)21-7-9-22(10-8-21)30-32-26-14-12-24(20-28(26)34-30)42(39,40)18-6-16-36(3)4/h7-14,19-20H,5-6,15-18H2,1-4H3,(H,31,33)(H,32,34). The summed E-state index contributed by atoms with van der Waals surface area (Å²) in [5.74, 6) is 1.44. The van der Waals surface area contributed by atoms with E-state index in [0.717, 1.165) is 16.6 Å². The van der Waals surface area contributed by atoms with Gasteiger partial charge in [-0.3, -0.25) is 0 Å². The molecule has 3 aromatic carbocycles. The lowest BCUT2D eigenvalue weighted by molar-refractivity contribution is 0.408. The molecule has 12 heteroatoms. The van der Waals surface area contributed by atoms with Crippen LogP contribution < -0.4 is 0 Å². The second-order valence-corrected chi connectivity index (χ2v) is 15.3. The van der Waals surface area contributed by atoms with E-state index >= 15 is 0 Å². The van der Waals surface area contributed by atoms with Crippen molar-refractivity contribution in [3.63, 3.8) is 0 Å². The first-order valence-electron chi connectivity index (χ1n) is 13.8. The third-order valence-corrected chi connectivity index (χ3v) is 10.7. The van der Waals surface area contributed by atoms with Gasteiger partial charge < -0.3 is 19.8 Å². The van der Waals surface area contributed by atoms with Crippen LogP contribution in [0.2, 0.25) is 0 Å². The van der Waals surface area contributed by atoms with Gasteiger partial charge in [0.15, 0.2) is 19.7 Å². The van der Waals surface area contributed by atoms with E-state index in [2.05, 4.69) is 19.9 Å². The molecular weight excluding hydrogens is 573 g/mol. The fourth-order valence-electron chi connectivity index (χ4n) is 4.80.